The van der Waals surface area contributed by atoms with Gasteiger partial charge in [0.15, 0.2) is 27.3 Å². The molecular weight excluding hydrogens is 387 g/mol. The second-order valence-corrected chi connectivity index (χ2v) is 8.22. The molecule has 0 heterocycles. The fourth-order valence-corrected chi connectivity index (χ4v) is 3.48. The highest BCUT2D eigenvalue weighted by Crippen LogP contribution is 2.19. The van der Waals surface area contributed by atoms with Crippen molar-refractivity contribution in [2.75, 3.05) is 36.5 Å². The number of primary amides is 1. The Morgan fingerprint density at radius 3 is 2.37 bits per heavy atom. The second-order valence-electron chi connectivity index (χ2n) is 5.92. The van der Waals surface area contributed by atoms with Crippen molar-refractivity contribution >= 4 is 27.3 Å². The van der Waals surface area contributed by atoms with Crippen LogP contribution < -0.4 is 11.1 Å². The number of anilines is 1. The van der Waals surface area contributed by atoms with Crippen molar-refractivity contribution in [1.29, 1.82) is 0 Å². The summed E-state index contributed by atoms with van der Waals surface area (Å²) >= 11 is 0. The molecular formula is C16H22F3N3O4S. The summed E-state index contributed by atoms with van der Waals surface area (Å²) in [4.78, 5) is 24.3. The molecule has 0 unspecified atom stereocenters. The van der Waals surface area contributed by atoms with Crippen molar-refractivity contribution in [3.8, 4) is 0 Å². The van der Waals surface area contributed by atoms with Gasteiger partial charge in [0.25, 0.3) is 0 Å². The van der Waals surface area contributed by atoms with Crippen molar-refractivity contribution in [2.45, 2.75) is 19.8 Å². The van der Waals surface area contributed by atoms with Gasteiger partial charge in [-0.1, -0.05) is 6.92 Å². The highest BCUT2D eigenvalue weighted by atomic mass is 32.2. The van der Waals surface area contributed by atoms with Gasteiger partial charge in [-0.2, -0.15) is 0 Å². The molecule has 0 fully saturated rings. The Bertz CT molecular complexity index is 787. The summed E-state index contributed by atoms with van der Waals surface area (Å²) in [5.41, 5.74) is 4.42. The van der Waals surface area contributed by atoms with E-state index in [2.05, 4.69) is 5.32 Å². The molecule has 0 aliphatic rings. The monoisotopic (exact) mass is 409 g/mol. The smallest absolute Gasteiger partial charge is 0.238 e. The van der Waals surface area contributed by atoms with Crippen LogP contribution in [0.1, 0.15) is 19.8 Å². The number of nitrogens with one attached hydrogen (secondary N) is 1. The molecule has 152 valence electrons. The third-order valence-corrected chi connectivity index (χ3v) is 5.23. The molecule has 0 bridgehead atoms. The zero-order valence-electron chi connectivity index (χ0n) is 14.8. The van der Waals surface area contributed by atoms with Crippen LogP contribution in [-0.2, 0) is 19.4 Å². The maximum absolute atomic E-state index is 13.6. The van der Waals surface area contributed by atoms with E-state index in [1.807, 2.05) is 6.92 Å². The lowest BCUT2D eigenvalue weighted by atomic mass is 10.2. The topological polar surface area (TPSA) is 110 Å². The summed E-state index contributed by atoms with van der Waals surface area (Å²) in [5, 5.41) is 2.13. The first-order valence-corrected chi connectivity index (χ1v) is 10.0. The normalized spacial score (nSPS) is 11.6. The Hall–Kier alpha value is -2.14. The van der Waals surface area contributed by atoms with E-state index >= 15 is 0 Å². The predicted octanol–water partition coefficient (Wildman–Crippen LogP) is 1.04. The Balaban J connectivity index is 2.67. The van der Waals surface area contributed by atoms with Crippen LogP contribution >= 0.6 is 0 Å². The number of hydrogen-bond acceptors (Lipinski definition) is 5. The zero-order chi connectivity index (χ0) is 20.6. The lowest BCUT2D eigenvalue weighted by molar-refractivity contribution is -0.118. The minimum Gasteiger partial charge on any atom is -0.370 e. The molecule has 7 nitrogen and oxygen atoms in total. The number of carbonyl (C=O) groups excluding carboxylic acids is 2. The number of rotatable bonds is 11. The maximum atomic E-state index is 13.6. The molecule has 1 aromatic carbocycles. The Morgan fingerprint density at radius 1 is 1.11 bits per heavy atom. The standard InChI is InChI=1S/C16H22F3N3O4S/c1-2-6-22(7-9-27(25,26)8-5-13(20)23)10-14(24)21-12-4-3-11(17)15(18)16(12)19/h3-4H,2,5-10H2,1H3,(H2,20,23)(H,21,24). The van der Waals surface area contributed by atoms with Crippen LogP contribution in [0.4, 0.5) is 18.9 Å². The van der Waals surface area contributed by atoms with Crippen molar-refractivity contribution in [3.63, 3.8) is 0 Å². The molecule has 3 N–H and O–H groups in total. The molecule has 1 aromatic rings. The minimum absolute atomic E-state index is 0.0165. The molecule has 0 saturated carbocycles. The van der Waals surface area contributed by atoms with Gasteiger partial charge in [-0.25, -0.2) is 21.6 Å². The number of benzene rings is 1. The van der Waals surface area contributed by atoms with E-state index in [1.165, 1.54) is 4.90 Å². The highest BCUT2D eigenvalue weighted by Gasteiger charge is 2.19. The third kappa shape index (κ3) is 7.95. The Kier molecular flexibility index (Phi) is 8.70. The van der Waals surface area contributed by atoms with Gasteiger partial charge in [-0.15, -0.1) is 0 Å². The van der Waals surface area contributed by atoms with E-state index in [0.717, 1.165) is 6.07 Å². The van der Waals surface area contributed by atoms with Gasteiger partial charge in [0.1, 0.15) is 0 Å². The fourth-order valence-electron chi connectivity index (χ4n) is 2.23. The van der Waals surface area contributed by atoms with Gasteiger partial charge < -0.3 is 11.1 Å². The van der Waals surface area contributed by atoms with E-state index in [-0.39, 0.29) is 31.0 Å². The summed E-state index contributed by atoms with van der Waals surface area (Å²) in [7, 11) is -3.53. The summed E-state index contributed by atoms with van der Waals surface area (Å²) in [6.07, 6.45) is 0.333. The average molecular weight is 409 g/mol. The molecule has 0 aliphatic carbocycles. The van der Waals surface area contributed by atoms with Crippen LogP contribution in [0.3, 0.4) is 0 Å². The molecule has 27 heavy (non-hydrogen) atoms. The highest BCUT2D eigenvalue weighted by molar-refractivity contribution is 7.91. The van der Waals surface area contributed by atoms with Gasteiger partial charge in [-0.3, -0.25) is 14.5 Å². The first-order chi connectivity index (χ1) is 12.6. The summed E-state index contributed by atoms with van der Waals surface area (Å²) in [6, 6.07) is 1.58. The van der Waals surface area contributed by atoms with Crippen LogP contribution in [0.15, 0.2) is 12.1 Å². The van der Waals surface area contributed by atoms with E-state index in [9.17, 15) is 31.2 Å². The predicted molar refractivity (Wildman–Crippen MR) is 94.1 cm³/mol. The van der Waals surface area contributed by atoms with Gasteiger partial charge in [0, 0.05) is 13.0 Å². The van der Waals surface area contributed by atoms with Crippen LogP contribution in [0, 0.1) is 17.5 Å². The summed E-state index contributed by atoms with van der Waals surface area (Å²) in [6.45, 7) is 1.96. The van der Waals surface area contributed by atoms with Crippen molar-refractivity contribution < 1.29 is 31.2 Å². The molecule has 0 spiro atoms. The van der Waals surface area contributed by atoms with Crippen molar-refractivity contribution in [1.82, 2.24) is 4.90 Å². The number of nitrogens with two attached hydrogens (primary N) is 1. The van der Waals surface area contributed by atoms with Crippen LogP contribution in [0.2, 0.25) is 0 Å². The zero-order valence-corrected chi connectivity index (χ0v) is 15.6. The second kappa shape index (κ2) is 10.3. The van der Waals surface area contributed by atoms with E-state index in [0.29, 0.717) is 19.0 Å². The first kappa shape index (κ1) is 22.9. The minimum atomic E-state index is -3.53. The molecule has 0 saturated heterocycles. The number of sulfone groups is 1. The number of amides is 2. The van der Waals surface area contributed by atoms with Crippen LogP contribution in [0.25, 0.3) is 0 Å². The van der Waals surface area contributed by atoms with E-state index < -0.39 is 44.8 Å². The lowest BCUT2D eigenvalue weighted by Gasteiger charge is -2.21. The quantitative estimate of drug-likeness (QED) is 0.531. The first-order valence-electron chi connectivity index (χ1n) is 8.20. The largest absolute Gasteiger partial charge is 0.370 e. The summed E-state index contributed by atoms with van der Waals surface area (Å²) in [5.74, 6) is -6.68. The Labute approximate surface area is 155 Å². The number of carbonyl (C=O) groups is 2. The molecule has 11 heteroatoms. The molecule has 2 amide bonds. The third-order valence-electron chi connectivity index (χ3n) is 3.59. The van der Waals surface area contributed by atoms with Crippen LogP contribution in [0.5, 0.6) is 0 Å². The number of nitrogens with zero attached hydrogens (tertiary/aromatic N) is 1. The molecule has 0 atom stereocenters. The fraction of sp³-hybridized carbons (Fsp3) is 0.500. The Morgan fingerprint density at radius 2 is 1.78 bits per heavy atom. The van der Waals surface area contributed by atoms with Gasteiger partial charge in [-0.05, 0) is 25.1 Å². The van der Waals surface area contributed by atoms with Gasteiger partial charge >= 0.3 is 0 Å². The van der Waals surface area contributed by atoms with Gasteiger partial charge in [0.05, 0.1) is 23.7 Å². The SMILES string of the molecule is CCCN(CCS(=O)(=O)CCC(N)=O)CC(=O)Nc1ccc(F)c(F)c1F. The maximum Gasteiger partial charge on any atom is 0.238 e. The van der Waals surface area contributed by atoms with Crippen molar-refractivity contribution in [3.05, 3.63) is 29.6 Å². The summed E-state index contributed by atoms with van der Waals surface area (Å²) < 4.78 is 63.5. The molecule has 1 rings (SSSR count). The molecule has 0 aromatic heterocycles. The van der Waals surface area contributed by atoms with Crippen molar-refractivity contribution in [2.24, 2.45) is 5.73 Å². The van der Waals surface area contributed by atoms with Gasteiger partial charge in [0.2, 0.25) is 11.8 Å². The number of hydrogen-bond donors (Lipinski definition) is 2. The number of halogens is 3. The molecule has 0 radical (unpaired) electrons. The van der Waals surface area contributed by atoms with E-state index in [1.54, 1.807) is 0 Å². The van der Waals surface area contributed by atoms with Crippen LogP contribution in [-0.4, -0.2) is 56.3 Å². The molecule has 0 aliphatic heterocycles. The average Bonchev–Trinajstić information content (AvgIpc) is 2.59. The van der Waals surface area contributed by atoms with E-state index in [4.69, 9.17) is 5.73 Å². The lowest BCUT2D eigenvalue weighted by Crippen LogP contribution is -2.37.